The predicted molar refractivity (Wildman–Crippen MR) is 130 cm³/mol. The van der Waals surface area contributed by atoms with Crippen LogP contribution in [0, 0.1) is 0 Å². The Morgan fingerprint density at radius 3 is 2.50 bits per heavy atom. The zero-order valence-corrected chi connectivity index (χ0v) is 19.8. The molecule has 3 aromatic carbocycles. The molecule has 0 bridgehead atoms. The highest BCUT2D eigenvalue weighted by Gasteiger charge is 2.25. The van der Waals surface area contributed by atoms with Crippen LogP contribution in [-0.2, 0) is 21.3 Å². The fourth-order valence-electron chi connectivity index (χ4n) is 3.91. The third-order valence-electron chi connectivity index (χ3n) is 5.69. The van der Waals surface area contributed by atoms with Gasteiger partial charge in [0.05, 0.1) is 18.1 Å². The summed E-state index contributed by atoms with van der Waals surface area (Å²) >= 11 is 0. The molecule has 0 aliphatic carbocycles. The van der Waals surface area contributed by atoms with E-state index in [0.717, 1.165) is 18.4 Å². The summed E-state index contributed by atoms with van der Waals surface area (Å²) < 4.78 is 39.4. The molecule has 1 aliphatic heterocycles. The van der Waals surface area contributed by atoms with Crippen LogP contribution in [0.15, 0.2) is 83.8 Å². The topological polar surface area (TPSA) is 84.9 Å². The van der Waals surface area contributed by atoms with Gasteiger partial charge in [0, 0.05) is 30.9 Å². The fourth-order valence-corrected chi connectivity index (χ4v) is 5.01. The predicted octanol–water partition coefficient (Wildman–Crippen LogP) is 4.32. The van der Waals surface area contributed by atoms with Crippen LogP contribution in [0.4, 0.5) is 5.69 Å². The molecule has 7 nitrogen and oxygen atoms in total. The van der Waals surface area contributed by atoms with Gasteiger partial charge in [-0.3, -0.25) is 9.52 Å². The van der Waals surface area contributed by atoms with E-state index in [4.69, 9.17) is 9.47 Å². The molecule has 8 heteroatoms. The molecule has 1 amide bonds. The van der Waals surface area contributed by atoms with Crippen LogP contribution in [0.1, 0.15) is 28.8 Å². The monoisotopic (exact) mass is 480 g/mol. The minimum absolute atomic E-state index is 0.0173. The Morgan fingerprint density at radius 2 is 1.82 bits per heavy atom. The van der Waals surface area contributed by atoms with E-state index in [1.807, 2.05) is 30.3 Å². The number of carbonyl (C=O) groups is 1. The number of nitrogens with one attached hydrogen (secondary N) is 1. The Morgan fingerprint density at radius 1 is 1.06 bits per heavy atom. The van der Waals surface area contributed by atoms with Crippen molar-refractivity contribution in [2.75, 3.05) is 25.0 Å². The lowest BCUT2D eigenvalue weighted by Gasteiger charge is -2.26. The van der Waals surface area contributed by atoms with E-state index in [0.29, 0.717) is 36.7 Å². The van der Waals surface area contributed by atoms with Gasteiger partial charge in [0.25, 0.3) is 15.9 Å². The first kappa shape index (κ1) is 23.8. The summed E-state index contributed by atoms with van der Waals surface area (Å²) in [6, 6.07) is 22.4. The van der Waals surface area contributed by atoms with Crippen molar-refractivity contribution in [2.24, 2.45) is 0 Å². The van der Waals surface area contributed by atoms with Gasteiger partial charge in [-0.15, -0.1) is 0 Å². The number of hydrogen-bond donors (Lipinski definition) is 1. The minimum Gasteiger partial charge on any atom is -0.497 e. The molecule has 1 aliphatic rings. The summed E-state index contributed by atoms with van der Waals surface area (Å²) in [4.78, 5) is 15.2. The lowest BCUT2D eigenvalue weighted by molar-refractivity contribution is 0.0507. The van der Waals surface area contributed by atoms with E-state index in [1.165, 1.54) is 12.1 Å². The van der Waals surface area contributed by atoms with Crippen molar-refractivity contribution >= 4 is 21.6 Å². The van der Waals surface area contributed by atoms with Crippen molar-refractivity contribution in [2.45, 2.75) is 30.4 Å². The first-order valence-corrected chi connectivity index (χ1v) is 12.6. The molecule has 4 rings (SSSR count). The van der Waals surface area contributed by atoms with Crippen LogP contribution in [0.2, 0.25) is 0 Å². The number of hydrogen-bond acceptors (Lipinski definition) is 5. The number of anilines is 1. The third kappa shape index (κ3) is 5.95. The summed E-state index contributed by atoms with van der Waals surface area (Å²) in [5, 5.41) is 0. The van der Waals surface area contributed by atoms with Gasteiger partial charge < -0.3 is 14.4 Å². The number of benzene rings is 3. The second kappa shape index (κ2) is 10.7. The lowest BCUT2D eigenvalue weighted by Crippen LogP contribution is -2.37. The zero-order valence-electron chi connectivity index (χ0n) is 19.0. The summed E-state index contributed by atoms with van der Waals surface area (Å²) in [6.07, 6.45) is 1.86. The first-order chi connectivity index (χ1) is 16.4. The summed E-state index contributed by atoms with van der Waals surface area (Å²) in [7, 11) is -2.34. The average Bonchev–Trinajstić information content (AvgIpc) is 3.37. The molecule has 1 atom stereocenters. The zero-order chi connectivity index (χ0) is 24.0. The number of nitrogens with zero attached hydrogens (tertiary/aromatic N) is 1. The minimum atomic E-state index is -3.88. The number of ether oxygens (including phenoxy) is 2. The van der Waals surface area contributed by atoms with E-state index < -0.39 is 10.0 Å². The summed E-state index contributed by atoms with van der Waals surface area (Å²) in [6.45, 7) is 1.57. The summed E-state index contributed by atoms with van der Waals surface area (Å²) in [5.41, 5.74) is 1.71. The molecule has 1 fully saturated rings. The standard InChI is InChI=1S/C26H28N2O5S/c1-32-23-14-12-22(13-15-23)27-34(30,31)25-11-5-9-21(17-25)26(29)28(19-24-10-6-16-33-24)18-20-7-3-2-4-8-20/h2-5,7-9,11-15,17,24,27H,6,10,16,18-19H2,1H3. The van der Waals surface area contributed by atoms with Crippen LogP contribution >= 0.6 is 0 Å². The van der Waals surface area contributed by atoms with Crippen molar-refractivity contribution in [3.05, 3.63) is 90.0 Å². The molecule has 1 N–H and O–H groups in total. The largest absolute Gasteiger partial charge is 0.497 e. The van der Waals surface area contributed by atoms with Crippen molar-refractivity contribution in [3.63, 3.8) is 0 Å². The van der Waals surface area contributed by atoms with Crippen LogP contribution < -0.4 is 9.46 Å². The summed E-state index contributed by atoms with van der Waals surface area (Å²) in [5.74, 6) is 0.390. The molecule has 1 unspecified atom stereocenters. The van der Waals surface area contributed by atoms with E-state index in [9.17, 15) is 13.2 Å². The number of methoxy groups -OCH3 is 1. The third-order valence-corrected chi connectivity index (χ3v) is 7.06. The van der Waals surface area contributed by atoms with Crippen LogP contribution in [0.3, 0.4) is 0 Å². The highest BCUT2D eigenvalue weighted by Crippen LogP contribution is 2.22. The second-order valence-electron chi connectivity index (χ2n) is 8.17. The van der Waals surface area contributed by atoms with Gasteiger partial charge in [0.1, 0.15) is 5.75 Å². The Kier molecular flexibility index (Phi) is 7.49. The van der Waals surface area contributed by atoms with Gasteiger partial charge in [-0.25, -0.2) is 8.42 Å². The maximum absolute atomic E-state index is 13.5. The van der Waals surface area contributed by atoms with Crippen molar-refractivity contribution in [3.8, 4) is 5.75 Å². The maximum Gasteiger partial charge on any atom is 0.261 e. The Labute approximate surface area is 200 Å². The molecule has 1 heterocycles. The van der Waals surface area contributed by atoms with Crippen molar-refractivity contribution in [1.82, 2.24) is 4.90 Å². The molecule has 3 aromatic rings. The lowest BCUT2D eigenvalue weighted by atomic mass is 10.1. The molecule has 0 radical (unpaired) electrons. The Bertz CT molecular complexity index is 1210. The molecule has 34 heavy (non-hydrogen) atoms. The fraction of sp³-hybridized carbons (Fsp3) is 0.269. The van der Waals surface area contributed by atoms with E-state index in [-0.39, 0.29) is 16.9 Å². The van der Waals surface area contributed by atoms with Gasteiger partial charge in [-0.1, -0.05) is 36.4 Å². The quantitative estimate of drug-likeness (QED) is 0.493. The van der Waals surface area contributed by atoms with E-state index in [2.05, 4.69) is 4.72 Å². The molecule has 0 saturated carbocycles. The number of carbonyl (C=O) groups excluding carboxylic acids is 1. The van der Waals surface area contributed by atoms with Crippen molar-refractivity contribution < 1.29 is 22.7 Å². The second-order valence-corrected chi connectivity index (χ2v) is 9.85. The van der Waals surface area contributed by atoms with Crippen LogP contribution in [0.5, 0.6) is 5.75 Å². The van der Waals surface area contributed by atoms with E-state index >= 15 is 0 Å². The van der Waals surface area contributed by atoms with E-state index in [1.54, 1.807) is 48.4 Å². The molecule has 178 valence electrons. The van der Waals surface area contributed by atoms with Crippen molar-refractivity contribution in [1.29, 1.82) is 0 Å². The van der Waals surface area contributed by atoms with Gasteiger partial charge >= 0.3 is 0 Å². The van der Waals surface area contributed by atoms with Gasteiger partial charge in [0.2, 0.25) is 0 Å². The van der Waals surface area contributed by atoms with Crippen LogP contribution in [-0.4, -0.2) is 45.6 Å². The number of rotatable bonds is 9. The Hall–Kier alpha value is -3.36. The normalized spacial score (nSPS) is 15.6. The van der Waals surface area contributed by atoms with Crippen LogP contribution in [0.25, 0.3) is 0 Å². The molecule has 0 aromatic heterocycles. The molecular weight excluding hydrogens is 452 g/mol. The van der Waals surface area contributed by atoms with Gasteiger partial charge in [-0.2, -0.15) is 0 Å². The smallest absolute Gasteiger partial charge is 0.261 e. The SMILES string of the molecule is COc1ccc(NS(=O)(=O)c2cccc(C(=O)N(Cc3ccccc3)CC3CCCO3)c2)cc1. The average molecular weight is 481 g/mol. The van der Waals surface area contributed by atoms with Gasteiger partial charge in [0.15, 0.2) is 0 Å². The Balaban J connectivity index is 1.55. The van der Waals surface area contributed by atoms with Gasteiger partial charge in [-0.05, 0) is 60.9 Å². The maximum atomic E-state index is 13.5. The highest BCUT2D eigenvalue weighted by molar-refractivity contribution is 7.92. The molecule has 0 spiro atoms. The molecule has 1 saturated heterocycles. The molecular formula is C26H28N2O5S. The number of sulfonamides is 1. The first-order valence-electron chi connectivity index (χ1n) is 11.2. The highest BCUT2D eigenvalue weighted by atomic mass is 32.2. The number of amides is 1.